The molecule has 3 N–H and O–H groups in total. The number of nitro benzene ring substituents is 1. The van der Waals surface area contributed by atoms with E-state index in [1.807, 2.05) is 66.7 Å². The van der Waals surface area contributed by atoms with E-state index >= 15 is 0 Å². The zero-order chi connectivity index (χ0) is 33.6. The van der Waals surface area contributed by atoms with E-state index in [4.69, 9.17) is 16.3 Å². The number of non-ortho nitro benzene ring substituents is 1. The third kappa shape index (κ3) is 8.12. The third-order valence-electron chi connectivity index (χ3n) is 6.98. The standard InChI is InChI=1S/C34H26ClN3O8S/c35-24-17-18-30(37-47(44,45)27-10-6-7-25(21-27)38(42)43)29(20-24)33(39)36-31(34(40)41)19-22-13-15-23(16-14-22)28-11-4-5-12-32(28)46-26-8-2-1-3-9-26/h1-18,20-21,31,37H,19H2,(H,36,39)(H,40,41)/t31-/m0/s1. The summed E-state index contributed by atoms with van der Waals surface area (Å²) in [4.78, 5) is 35.5. The number of anilines is 1. The van der Waals surface area contributed by atoms with Crippen LogP contribution in [0.5, 0.6) is 11.5 Å². The SMILES string of the molecule is O=C(N[C@@H](Cc1ccc(-c2ccccc2Oc2ccccc2)cc1)C(=O)O)c1cc(Cl)ccc1NS(=O)(=O)c1cccc([N+](=O)[O-])c1. The Morgan fingerprint density at radius 3 is 2.28 bits per heavy atom. The van der Waals surface area contributed by atoms with Crippen molar-refractivity contribution >= 4 is 44.9 Å². The first kappa shape index (κ1) is 32.7. The highest BCUT2D eigenvalue weighted by molar-refractivity contribution is 7.92. The number of amides is 1. The fourth-order valence-electron chi connectivity index (χ4n) is 4.66. The van der Waals surface area contributed by atoms with Crippen molar-refractivity contribution in [2.75, 3.05) is 4.72 Å². The molecule has 1 atom stereocenters. The molecule has 238 valence electrons. The molecule has 0 aliphatic rings. The molecule has 0 aromatic heterocycles. The summed E-state index contributed by atoms with van der Waals surface area (Å²) in [6.45, 7) is 0. The van der Waals surface area contributed by atoms with Crippen LogP contribution in [-0.4, -0.2) is 36.4 Å². The van der Waals surface area contributed by atoms with Gasteiger partial charge in [-0.3, -0.25) is 19.6 Å². The van der Waals surface area contributed by atoms with Crippen molar-refractivity contribution in [1.82, 2.24) is 5.32 Å². The maximum atomic E-state index is 13.3. The second kappa shape index (κ2) is 14.1. The van der Waals surface area contributed by atoms with Crippen molar-refractivity contribution in [3.05, 3.63) is 148 Å². The summed E-state index contributed by atoms with van der Waals surface area (Å²) in [6, 6.07) is 30.7. The topological polar surface area (TPSA) is 165 Å². The van der Waals surface area contributed by atoms with E-state index in [2.05, 4.69) is 10.0 Å². The predicted octanol–water partition coefficient (Wildman–Crippen LogP) is 6.93. The second-order valence-corrected chi connectivity index (χ2v) is 12.3. The molecule has 0 radical (unpaired) electrons. The Morgan fingerprint density at radius 2 is 1.57 bits per heavy atom. The quantitative estimate of drug-likeness (QED) is 0.0948. The van der Waals surface area contributed by atoms with E-state index in [9.17, 15) is 33.2 Å². The highest BCUT2D eigenvalue weighted by Crippen LogP contribution is 2.33. The van der Waals surface area contributed by atoms with Crippen LogP contribution in [0.2, 0.25) is 5.02 Å². The van der Waals surface area contributed by atoms with E-state index in [-0.39, 0.29) is 22.7 Å². The van der Waals surface area contributed by atoms with Gasteiger partial charge in [0.05, 0.1) is 21.1 Å². The number of benzene rings is 5. The number of halogens is 1. The number of sulfonamides is 1. The first-order chi connectivity index (χ1) is 22.5. The van der Waals surface area contributed by atoms with E-state index in [0.717, 1.165) is 29.3 Å². The van der Waals surface area contributed by atoms with Crippen molar-refractivity contribution in [1.29, 1.82) is 0 Å². The number of para-hydroxylation sites is 2. The molecule has 5 rings (SSSR count). The van der Waals surface area contributed by atoms with Gasteiger partial charge in [0.15, 0.2) is 0 Å². The van der Waals surface area contributed by atoms with Crippen LogP contribution in [0.25, 0.3) is 11.1 Å². The van der Waals surface area contributed by atoms with Gasteiger partial charge in [0, 0.05) is 29.1 Å². The zero-order valence-corrected chi connectivity index (χ0v) is 25.9. The van der Waals surface area contributed by atoms with Crippen LogP contribution >= 0.6 is 11.6 Å². The van der Waals surface area contributed by atoms with Crippen LogP contribution in [-0.2, 0) is 21.2 Å². The van der Waals surface area contributed by atoms with Gasteiger partial charge < -0.3 is 15.2 Å². The molecular formula is C34H26ClN3O8S. The number of carboxylic acids is 1. The van der Waals surface area contributed by atoms with E-state index in [1.165, 1.54) is 24.3 Å². The third-order valence-corrected chi connectivity index (χ3v) is 8.57. The minimum atomic E-state index is -4.38. The lowest BCUT2D eigenvalue weighted by Gasteiger charge is -2.18. The normalized spacial score (nSPS) is 11.7. The summed E-state index contributed by atoms with van der Waals surface area (Å²) in [5.74, 6) is -0.901. The number of ether oxygens (including phenoxy) is 1. The summed E-state index contributed by atoms with van der Waals surface area (Å²) in [6.07, 6.45) is -0.0845. The van der Waals surface area contributed by atoms with Crippen LogP contribution in [0.1, 0.15) is 15.9 Å². The fraction of sp³-hybridized carbons (Fsp3) is 0.0588. The van der Waals surface area contributed by atoms with Crippen molar-refractivity contribution in [3.63, 3.8) is 0 Å². The average molecular weight is 672 g/mol. The van der Waals surface area contributed by atoms with Gasteiger partial charge in [0.1, 0.15) is 17.5 Å². The second-order valence-electron chi connectivity index (χ2n) is 10.2. The molecule has 11 nitrogen and oxygen atoms in total. The first-order valence-corrected chi connectivity index (χ1v) is 15.9. The van der Waals surface area contributed by atoms with Crippen LogP contribution in [0, 0.1) is 10.1 Å². The van der Waals surface area contributed by atoms with Crippen molar-refractivity contribution in [3.8, 4) is 22.6 Å². The maximum Gasteiger partial charge on any atom is 0.326 e. The van der Waals surface area contributed by atoms with Gasteiger partial charge in [-0.1, -0.05) is 78.3 Å². The van der Waals surface area contributed by atoms with E-state index in [0.29, 0.717) is 17.1 Å². The van der Waals surface area contributed by atoms with Gasteiger partial charge in [-0.05, 0) is 53.6 Å². The highest BCUT2D eigenvalue weighted by Gasteiger charge is 2.25. The fourth-order valence-corrected chi connectivity index (χ4v) is 5.95. The lowest BCUT2D eigenvalue weighted by molar-refractivity contribution is -0.385. The molecule has 5 aromatic rings. The molecule has 0 aliphatic carbocycles. The first-order valence-electron chi connectivity index (χ1n) is 14.0. The van der Waals surface area contributed by atoms with Gasteiger partial charge in [0.25, 0.3) is 21.6 Å². The molecule has 0 bridgehead atoms. The number of carbonyl (C=O) groups is 2. The Kier molecular flexibility index (Phi) is 9.83. The highest BCUT2D eigenvalue weighted by atomic mass is 35.5. The minimum Gasteiger partial charge on any atom is -0.480 e. The number of hydrogen-bond acceptors (Lipinski definition) is 7. The van der Waals surface area contributed by atoms with Gasteiger partial charge in [0.2, 0.25) is 0 Å². The smallest absolute Gasteiger partial charge is 0.326 e. The molecule has 1 amide bonds. The molecule has 13 heteroatoms. The summed E-state index contributed by atoms with van der Waals surface area (Å²) >= 11 is 6.10. The molecule has 5 aromatic carbocycles. The molecule has 0 heterocycles. The predicted molar refractivity (Wildman–Crippen MR) is 176 cm³/mol. The summed E-state index contributed by atoms with van der Waals surface area (Å²) in [5, 5.41) is 23.6. The molecule has 47 heavy (non-hydrogen) atoms. The number of aliphatic carboxylic acids is 1. The molecule has 0 unspecified atom stereocenters. The molecule has 0 saturated heterocycles. The van der Waals surface area contributed by atoms with Crippen molar-refractivity contribution < 1.29 is 32.8 Å². The molecule has 0 saturated carbocycles. The summed E-state index contributed by atoms with van der Waals surface area (Å²) in [7, 11) is -4.38. The molecular weight excluding hydrogens is 646 g/mol. The van der Waals surface area contributed by atoms with Crippen LogP contribution < -0.4 is 14.8 Å². The number of nitro groups is 1. The van der Waals surface area contributed by atoms with Crippen LogP contribution in [0.15, 0.2) is 126 Å². The monoisotopic (exact) mass is 671 g/mol. The Hall–Kier alpha value is -5.72. The number of carboxylic acid groups (broad SMARTS) is 1. The number of rotatable bonds is 12. The molecule has 0 fully saturated rings. The minimum absolute atomic E-state index is 0.0845. The van der Waals surface area contributed by atoms with Crippen molar-refractivity contribution in [2.45, 2.75) is 17.4 Å². The number of nitrogens with one attached hydrogen (secondary N) is 2. The van der Waals surface area contributed by atoms with Crippen LogP contribution in [0.4, 0.5) is 11.4 Å². The lowest BCUT2D eigenvalue weighted by atomic mass is 9.99. The average Bonchev–Trinajstić information content (AvgIpc) is 3.06. The number of nitrogens with zero attached hydrogens (tertiary/aromatic N) is 1. The molecule has 0 spiro atoms. The maximum absolute atomic E-state index is 13.3. The summed E-state index contributed by atoms with van der Waals surface area (Å²) in [5.41, 5.74) is 1.37. The van der Waals surface area contributed by atoms with Gasteiger partial charge in [-0.15, -0.1) is 0 Å². The number of hydrogen-bond donors (Lipinski definition) is 3. The summed E-state index contributed by atoms with van der Waals surface area (Å²) < 4.78 is 34.4. The lowest BCUT2D eigenvalue weighted by Crippen LogP contribution is -2.42. The van der Waals surface area contributed by atoms with Gasteiger partial charge in [-0.25, -0.2) is 13.2 Å². The Balaban J connectivity index is 1.33. The van der Waals surface area contributed by atoms with Crippen molar-refractivity contribution in [2.24, 2.45) is 0 Å². The Labute approximate surface area is 274 Å². The van der Waals surface area contributed by atoms with E-state index < -0.39 is 43.4 Å². The van der Waals surface area contributed by atoms with Gasteiger partial charge in [-0.2, -0.15) is 0 Å². The van der Waals surface area contributed by atoms with Gasteiger partial charge >= 0.3 is 5.97 Å². The Morgan fingerprint density at radius 1 is 0.872 bits per heavy atom. The Bertz CT molecular complexity index is 2060. The van der Waals surface area contributed by atoms with Crippen LogP contribution in [0.3, 0.4) is 0 Å². The molecule has 0 aliphatic heterocycles. The zero-order valence-electron chi connectivity index (χ0n) is 24.4. The van der Waals surface area contributed by atoms with E-state index in [1.54, 1.807) is 12.1 Å². The largest absolute Gasteiger partial charge is 0.480 e. The number of carbonyl (C=O) groups excluding carboxylic acids is 1.